The summed E-state index contributed by atoms with van der Waals surface area (Å²) in [5.41, 5.74) is 2.22. The van der Waals surface area contributed by atoms with Crippen molar-refractivity contribution < 1.29 is 0 Å². The molecule has 0 N–H and O–H groups in total. The van der Waals surface area contributed by atoms with Crippen molar-refractivity contribution in [1.29, 1.82) is 0 Å². The summed E-state index contributed by atoms with van der Waals surface area (Å²) in [5.74, 6) is 0.813. The second kappa shape index (κ2) is 5.83. The maximum atomic E-state index is 4.35. The first kappa shape index (κ1) is 13.9. The molecule has 0 saturated carbocycles. The van der Waals surface area contributed by atoms with Gasteiger partial charge in [-0.25, -0.2) is 0 Å². The Morgan fingerprint density at radius 3 is 2.57 bits per heavy atom. The van der Waals surface area contributed by atoms with E-state index in [2.05, 4.69) is 49.3 Å². The van der Waals surface area contributed by atoms with Crippen molar-refractivity contribution >= 4 is 5.95 Å². The van der Waals surface area contributed by atoms with Crippen LogP contribution in [0.2, 0.25) is 0 Å². The maximum absolute atomic E-state index is 4.35. The number of rotatable bonds is 3. The summed E-state index contributed by atoms with van der Waals surface area (Å²) in [6.45, 7) is 3.93. The molecule has 4 rings (SSSR count). The van der Waals surface area contributed by atoms with Crippen LogP contribution in [-0.2, 0) is 0 Å². The number of piperidine rings is 1. The molecule has 7 nitrogen and oxygen atoms in total. The first-order valence-electron chi connectivity index (χ1n) is 7.91. The fourth-order valence-corrected chi connectivity index (χ4v) is 3.06. The number of anilines is 1. The predicted molar refractivity (Wildman–Crippen MR) is 86.6 cm³/mol. The van der Waals surface area contributed by atoms with Gasteiger partial charge in [0, 0.05) is 25.5 Å². The van der Waals surface area contributed by atoms with Gasteiger partial charge in [-0.1, -0.05) is 22.8 Å². The van der Waals surface area contributed by atoms with Crippen LogP contribution in [0, 0.1) is 6.92 Å². The molecule has 1 aromatic carbocycles. The molecule has 0 unspecified atom stereocenters. The van der Waals surface area contributed by atoms with Gasteiger partial charge in [0.15, 0.2) is 0 Å². The Labute approximate surface area is 134 Å². The lowest BCUT2D eigenvalue weighted by atomic mass is 10.1. The van der Waals surface area contributed by atoms with E-state index in [1.54, 1.807) is 0 Å². The summed E-state index contributed by atoms with van der Waals surface area (Å²) in [6.07, 6.45) is 5.96. The van der Waals surface area contributed by atoms with Crippen LogP contribution < -0.4 is 4.90 Å². The van der Waals surface area contributed by atoms with E-state index in [4.69, 9.17) is 0 Å². The highest BCUT2D eigenvalue weighted by Crippen LogP contribution is 2.25. The molecule has 1 fully saturated rings. The summed E-state index contributed by atoms with van der Waals surface area (Å²) in [4.78, 5) is 2.25. The van der Waals surface area contributed by atoms with Crippen LogP contribution in [-0.4, -0.2) is 43.1 Å². The third kappa shape index (κ3) is 2.69. The average Bonchev–Trinajstić information content (AvgIpc) is 3.28. The molecular weight excluding hydrogens is 290 g/mol. The zero-order chi connectivity index (χ0) is 15.6. The summed E-state index contributed by atoms with van der Waals surface area (Å²) in [5, 5.41) is 16.6. The van der Waals surface area contributed by atoms with Crippen molar-refractivity contribution in [3.05, 3.63) is 48.3 Å². The van der Waals surface area contributed by atoms with Gasteiger partial charge in [0.05, 0.1) is 11.7 Å². The topological polar surface area (TPSA) is 64.7 Å². The van der Waals surface area contributed by atoms with Crippen LogP contribution >= 0.6 is 0 Å². The highest BCUT2D eigenvalue weighted by Gasteiger charge is 2.24. The fourth-order valence-electron chi connectivity index (χ4n) is 3.06. The monoisotopic (exact) mass is 309 g/mol. The number of hydrogen-bond acceptors (Lipinski definition) is 5. The van der Waals surface area contributed by atoms with Crippen molar-refractivity contribution in [3.8, 4) is 5.69 Å². The van der Waals surface area contributed by atoms with Gasteiger partial charge in [0.2, 0.25) is 5.95 Å². The maximum Gasteiger partial charge on any atom is 0.250 e. The molecular formula is C16H19N7. The zero-order valence-corrected chi connectivity index (χ0v) is 13.1. The van der Waals surface area contributed by atoms with Crippen LogP contribution in [0.1, 0.15) is 24.4 Å². The lowest BCUT2D eigenvalue weighted by Crippen LogP contribution is -2.36. The van der Waals surface area contributed by atoms with Gasteiger partial charge in [-0.2, -0.15) is 9.78 Å². The highest BCUT2D eigenvalue weighted by molar-refractivity contribution is 5.41. The highest BCUT2D eigenvalue weighted by atomic mass is 15.6. The van der Waals surface area contributed by atoms with Gasteiger partial charge in [0.1, 0.15) is 0 Å². The molecule has 23 heavy (non-hydrogen) atoms. The van der Waals surface area contributed by atoms with Crippen molar-refractivity contribution in [1.82, 2.24) is 30.0 Å². The van der Waals surface area contributed by atoms with Crippen molar-refractivity contribution in [2.24, 2.45) is 0 Å². The number of benzene rings is 1. The van der Waals surface area contributed by atoms with Crippen LogP contribution in [0.3, 0.4) is 0 Å². The lowest BCUT2D eigenvalue weighted by Gasteiger charge is -2.32. The van der Waals surface area contributed by atoms with E-state index in [1.165, 1.54) is 5.56 Å². The van der Waals surface area contributed by atoms with Gasteiger partial charge >= 0.3 is 0 Å². The van der Waals surface area contributed by atoms with Crippen LogP contribution in [0.5, 0.6) is 0 Å². The summed E-state index contributed by atoms with van der Waals surface area (Å²) in [7, 11) is 0. The summed E-state index contributed by atoms with van der Waals surface area (Å²) in [6, 6.07) is 10.7. The standard InChI is InChI=1S/C16H19N7/c1-13-3-5-15(6-4-13)23-16(18-19-20-23)21-11-7-14(8-12-21)22-10-2-9-17-22/h2-6,9-10,14H,7-8,11-12H2,1H3. The minimum absolute atomic E-state index is 0.463. The largest absolute Gasteiger partial charge is 0.339 e. The van der Waals surface area contributed by atoms with Crippen molar-refractivity contribution in [2.45, 2.75) is 25.8 Å². The molecule has 0 radical (unpaired) electrons. The molecule has 3 heterocycles. The van der Waals surface area contributed by atoms with Gasteiger partial charge in [-0.15, -0.1) is 0 Å². The Morgan fingerprint density at radius 2 is 1.87 bits per heavy atom. The van der Waals surface area contributed by atoms with Gasteiger partial charge in [-0.3, -0.25) is 4.68 Å². The van der Waals surface area contributed by atoms with E-state index < -0.39 is 0 Å². The first-order chi connectivity index (χ1) is 11.3. The first-order valence-corrected chi connectivity index (χ1v) is 7.91. The Hall–Kier alpha value is -2.70. The van der Waals surface area contributed by atoms with Crippen molar-refractivity contribution in [2.75, 3.05) is 18.0 Å². The second-order valence-electron chi connectivity index (χ2n) is 5.93. The normalized spacial score (nSPS) is 16.0. The van der Waals surface area contributed by atoms with Crippen molar-refractivity contribution in [3.63, 3.8) is 0 Å². The van der Waals surface area contributed by atoms with E-state index in [9.17, 15) is 0 Å². The number of tetrazole rings is 1. The third-order valence-corrected chi connectivity index (χ3v) is 4.38. The molecule has 0 spiro atoms. The minimum atomic E-state index is 0.463. The minimum Gasteiger partial charge on any atom is -0.339 e. The molecule has 0 amide bonds. The average molecular weight is 309 g/mol. The van der Waals surface area contributed by atoms with Gasteiger partial charge < -0.3 is 4.90 Å². The molecule has 1 saturated heterocycles. The fraction of sp³-hybridized carbons (Fsp3) is 0.375. The van der Waals surface area contributed by atoms with Gasteiger partial charge in [-0.05, 0) is 48.4 Å². The Bertz CT molecular complexity index is 752. The second-order valence-corrected chi connectivity index (χ2v) is 5.93. The van der Waals surface area contributed by atoms with Crippen LogP contribution in [0.15, 0.2) is 42.7 Å². The molecule has 0 atom stereocenters. The molecule has 2 aromatic heterocycles. The Kier molecular flexibility index (Phi) is 3.53. The summed E-state index contributed by atoms with van der Waals surface area (Å²) < 4.78 is 3.87. The number of aromatic nitrogens is 6. The van der Waals surface area contributed by atoms with E-state index in [0.717, 1.165) is 37.6 Å². The lowest BCUT2D eigenvalue weighted by molar-refractivity contribution is 0.364. The van der Waals surface area contributed by atoms with Crippen LogP contribution in [0.25, 0.3) is 5.69 Å². The molecule has 7 heteroatoms. The molecule has 0 bridgehead atoms. The molecule has 3 aromatic rings. The molecule has 118 valence electrons. The van der Waals surface area contributed by atoms with E-state index in [-0.39, 0.29) is 0 Å². The zero-order valence-electron chi connectivity index (χ0n) is 13.1. The quantitative estimate of drug-likeness (QED) is 0.740. The number of aryl methyl sites for hydroxylation is 1. The third-order valence-electron chi connectivity index (χ3n) is 4.38. The summed E-state index contributed by atoms with van der Waals surface area (Å²) >= 11 is 0. The van der Waals surface area contributed by atoms with E-state index in [0.29, 0.717) is 6.04 Å². The number of nitrogens with zero attached hydrogens (tertiary/aromatic N) is 7. The molecule has 0 aliphatic carbocycles. The SMILES string of the molecule is Cc1ccc(-n2nnnc2N2CCC(n3cccn3)CC2)cc1. The van der Waals surface area contributed by atoms with Gasteiger partial charge in [0.25, 0.3) is 0 Å². The van der Waals surface area contributed by atoms with E-state index in [1.807, 2.05) is 35.3 Å². The number of hydrogen-bond donors (Lipinski definition) is 0. The molecule has 1 aliphatic heterocycles. The smallest absolute Gasteiger partial charge is 0.250 e. The van der Waals surface area contributed by atoms with E-state index >= 15 is 0 Å². The Balaban J connectivity index is 1.52. The predicted octanol–water partition coefficient (Wildman–Crippen LogP) is 2.01. The molecule has 1 aliphatic rings. The van der Waals surface area contributed by atoms with Crippen LogP contribution in [0.4, 0.5) is 5.95 Å². The Morgan fingerprint density at radius 1 is 1.09 bits per heavy atom.